The Bertz CT molecular complexity index is 1050. The van der Waals surface area contributed by atoms with Crippen molar-refractivity contribution in [2.75, 3.05) is 12.4 Å². The fourth-order valence-corrected chi connectivity index (χ4v) is 2.93. The Balaban J connectivity index is 2.13. The van der Waals surface area contributed by atoms with Crippen LogP contribution < -0.4 is 10.1 Å². The number of hydrogen-bond donors (Lipinski definition) is 1. The second-order valence-corrected chi connectivity index (χ2v) is 6.73. The highest BCUT2D eigenvalue weighted by molar-refractivity contribution is 5.92. The first-order chi connectivity index (χ1) is 12.9. The Morgan fingerprint density at radius 2 is 2.19 bits per heavy atom. The summed E-state index contributed by atoms with van der Waals surface area (Å²) in [6, 6.07) is 9.66. The summed E-state index contributed by atoms with van der Waals surface area (Å²) in [5, 5.41) is 17.4. The van der Waals surface area contributed by atoms with Crippen LogP contribution in [-0.4, -0.2) is 27.8 Å². The van der Waals surface area contributed by atoms with E-state index in [4.69, 9.17) is 4.74 Å². The molecule has 1 N–H and O–H groups in total. The van der Waals surface area contributed by atoms with E-state index in [-0.39, 0.29) is 17.4 Å². The number of nitrogens with one attached hydrogen (secondary N) is 1. The van der Waals surface area contributed by atoms with Crippen LogP contribution in [0, 0.1) is 24.2 Å². The number of benzene rings is 1. The van der Waals surface area contributed by atoms with Gasteiger partial charge in [0.05, 0.1) is 13.3 Å². The quantitative estimate of drug-likeness (QED) is 0.748. The lowest BCUT2D eigenvalue weighted by molar-refractivity contribution is -0.116. The second kappa shape index (κ2) is 7.46. The lowest BCUT2D eigenvalue weighted by Gasteiger charge is -2.13. The number of ether oxygens (including phenoxy) is 1. The van der Waals surface area contributed by atoms with E-state index in [1.165, 1.54) is 10.9 Å². The smallest absolute Gasteiger partial charge is 0.225 e. The van der Waals surface area contributed by atoms with Gasteiger partial charge in [-0.1, -0.05) is 26.0 Å². The van der Waals surface area contributed by atoms with Gasteiger partial charge in [-0.3, -0.25) is 4.79 Å². The van der Waals surface area contributed by atoms with Crippen LogP contribution in [0.25, 0.3) is 16.7 Å². The highest BCUT2D eigenvalue weighted by Crippen LogP contribution is 2.29. The Hall–Kier alpha value is -3.40. The van der Waals surface area contributed by atoms with Crippen LogP contribution in [-0.2, 0) is 4.79 Å². The number of aryl methyl sites for hydroxylation is 1. The number of amides is 1. The average molecular weight is 363 g/mol. The van der Waals surface area contributed by atoms with Gasteiger partial charge in [-0.05, 0) is 30.5 Å². The number of pyridine rings is 1. The molecule has 3 aromatic rings. The molecule has 0 aliphatic rings. The topological polar surface area (TPSA) is 92.8 Å². The van der Waals surface area contributed by atoms with Crippen molar-refractivity contribution >= 4 is 22.6 Å². The zero-order valence-electron chi connectivity index (χ0n) is 15.8. The van der Waals surface area contributed by atoms with Crippen molar-refractivity contribution in [1.82, 2.24) is 14.8 Å². The molecule has 0 bridgehead atoms. The van der Waals surface area contributed by atoms with Crippen molar-refractivity contribution in [2.24, 2.45) is 5.92 Å². The maximum absolute atomic E-state index is 12.3. The van der Waals surface area contributed by atoms with Crippen LogP contribution in [0.1, 0.15) is 31.4 Å². The van der Waals surface area contributed by atoms with Gasteiger partial charge >= 0.3 is 0 Å². The molecule has 2 heterocycles. The number of carbonyl (C=O) groups is 1. The zero-order valence-corrected chi connectivity index (χ0v) is 15.8. The lowest BCUT2D eigenvalue weighted by Crippen LogP contribution is -2.17. The summed E-state index contributed by atoms with van der Waals surface area (Å²) in [5.74, 6) is 1.51. The molecule has 0 atom stereocenters. The maximum atomic E-state index is 12.3. The fraction of sp³-hybridized carbons (Fsp3) is 0.300. The van der Waals surface area contributed by atoms with Crippen molar-refractivity contribution in [1.29, 1.82) is 5.26 Å². The summed E-state index contributed by atoms with van der Waals surface area (Å²) in [6.45, 7) is 5.89. The number of nitriles is 1. The van der Waals surface area contributed by atoms with E-state index in [1.54, 1.807) is 7.11 Å². The number of aromatic nitrogens is 3. The lowest BCUT2D eigenvalue weighted by atomic mass is 10.1. The second-order valence-electron chi connectivity index (χ2n) is 6.73. The third-order valence-electron chi connectivity index (χ3n) is 4.17. The maximum Gasteiger partial charge on any atom is 0.225 e. The standard InChI is InChI=1S/C20H21N5O2/c1-12(2)8-18(26)24-20-14(10-21)11-22-25(20)17-9-13(3)15-6-5-7-16(27-4)19(15)23-17/h5-7,9,11-12H,8H2,1-4H3,(H,24,26). The van der Waals surface area contributed by atoms with E-state index >= 15 is 0 Å². The molecule has 2 aromatic heterocycles. The molecule has 0 spiro atoms. The van der Waals surface area contributed by atoms with E-state index in [0.717, 1.165) is 10.9 Å². The Labute approximate surface area is 157 Å². The van der Waals surface area contributed by atoms with Crippen LogP contribution in [0.4, 0.5) is 5.82 Å². The van der Waals surface area contributed by atoms with E-state index in [0.29, 0.717) is 29.3 Å². The van der Waals surface area contributed by atoms with E-state index in [9.17, 15) is 10.1 Å². The molecular formula is C20H21N5O2. The summed E-state index contributed by atoms with van der Waals surface area (Å²) < 4.78 is 6.91. The molecule has 3 rings (SSSR count). The molecule has 0 radical (unpaired) electrons. The molecule has 0 aliphatic heterocycles. The molecule has 0 aliphatic carbocycles. The van der Waals surface area contributed by atoms with Gasteiger partial charge in [0.15, 0.2) is 11.6 Å². The first-order valence-corrected chi connectivity index (χ1v) is 8.67. The fourth-order valence-electron chi connectivity index (χ4n) is 2.93. The Kier molecular flexibility index (Phi) is 5.08. The Morgan fingerprint density at radius 1 is 1.41 bits per heavy atom. The molecule has 0 saturated carbocycles. The average Bonchev–Trinajstić information content (AvgIpc) is 3.02. The highest BCUT2D eigenvalue weighted by atomic mass is 16.5. The number of rotatable bonds is 5. The minimum atomic E-state index is -0.168. The number of anilines is 1. The van der Waals surface area contributed by atoms with Gasteiger partial charge in [0, 0.05) is 11.8 Å². The van der Waals surface area contributed by atoms with Gasteiger partial charge < -0.3 is 10.1 Å². The van der Waals surface area contributed by atoms with Crippen LogP contribution in [0.3, 0.4) is 0 Å². The van der Waals surface area contributed by atoms with Crippen LogP contribution in [0.2, 0.25) is 0 Å². The SMILES string of the molecule is COc1cccc2c(C)cc(-n3ncc(C#N)c3NC(=O)CC(C)C)nc12. The largest absolute Gasteiger partial charge is 0.494 e. The first kappa shape index (κ1) is 18.4. The Morgan fingerprint density at radius 3 is 2.85 bits per heavy atom. The molecule has 7 nitrogen and oxygen atoms in total. The monoisotopic (exact) mass is 363 g/mol. The highest BCUT2D eigenvalue weighted by Gasteiger charge is 2.18. The number of para-hydroxylation sites is 1. The predicted molar refractivity (Wildman–Crippen MR) is 103 cm³/mol. The van der Waals surface area contributed by atoms with Gasteiger partial charge in [0.1, 0.15) is 22.9 Å². The number of hydrogen-bond acceptors (Lipinski definition) is 5. The first-order valence-electron chi connectivity index (χ1n) is 8.67. The van der Waals surface area contributed by atoms with Crippen LogP contribution in [0.5, 0.6) is 5.75 Å². The summed E-state index contributed by atoms with van der Waals surface area (Å²) in [6.07, 6.45) is 1.78. The third kappa shape index (κ3) is 3.60. The van der Waals surface area contributed by atoms with E-state index in [1.807, 2.05) is 45.0 Å². The zero-order chi connectivity index (χ0) is 19.6. The molecule has 0 unspecified atom stereocenters. The minimum absolute atomic E-state index is 0.168. The summed E-state index contributed by atoms with van der Waals surface area (Å²) in [4.78, 5) is 16.9. The molecule has 27 heavy (non-hydrogen) atoms. The van der Waals surface area contributed by atoms with Gasteiger partial charge in [-0.2, -0.15) is 15.0 Å². The summed E-state index contributed by atoms with van der Waals surface area (Å²) in [7, 11) is 1.59. The molecule has 0 fully saturated rings. The summed E-state index contributed by atoms with van der Waals surface area (Å²) >= 11 is 0. The van der Waals surface area contributed by atoms with Crippen molar-refractivity contribution in [3.8, 4) is 17.6 Å². The van der Waals surface area contributed by atoms with E-state index < -0.39 is 0 Å². The molecule has 0 saturated heterocycles. The van der Waals surface area contributed by atoms with Gasteiger partial charge in [-0.15, -0.1) is 0 Å². The van der Waals surface area contributed by atoms with Crippen LogP contribution >= 0.6 is 0 Å². The van der Waals surface area contributed by atoms with Gasteiger partial charge in [0.25, 0.3) is 0 Å². The van der Waals surface area contributed by atoms with E-state index in [2.05, 4.69) is 21.5 Å². The number of carbonyl (C=O) groups excluding carboxylic acids is 1. The number of nitrogens with zero attached hydrogens (tertiary/aromatic N) is 4. The number of fused-ring (bicyclic) bond motifs is 1. The molecule has 1 aromatic carbocycles. The number of methoxy groups -OCH3 is 1. The predicted octanol–water partition coefficient (Wildman–Crippen LogP) is 3.59. The van der Waals surface area contributed by atoms with Gasteiger partial charge in [-0.25, -0.2) is 4.98 Å². The van der Waals surface area contributed by atoms with Gasteiger partial charge in [0.2, 0.25) is 5.91 Å². The summed E-state index contributed by atoms with van der Waals surface area (Å²) in [5.41, 5.74) is 1.97. The molecule has 7 heteroatoms. The van der Waals surface area contributed by atoms with Crippen LogP contribution in [0.15, 0.2) is 30.5 Å². The van der Waals surface area contributed by atoms with Crippen molar-refractivity contribution in [3.63, 3.8) is 0 Å². The molecular weight excluding hydrogens is 342 g/mol. The van der Waals surface area contributed by atoms with Crippen molar-refractivity contribution in [2.45, 2.75) is 27.2 Å². The van der Waals surface area contributed by atoms with Crippen molar-refractivity contribution < 1.29 is 9.53 Å². The minimum Gasteiger partial charge on any atom is -0.494 e. The normalized spacial score (nSPS) is 10.8. The molecule has 1 amide bonds. The van der Waals surface area contributed by atoms with Crippen molar-refractivity contribution in [3.05, 3.63) is 41.6 Å². The third-order valence-corrected chi connectivity index (χ3v) is 4.17. The molecule has 138 valence electrons.